The lowest BCUT2D eigenvalue weighted by Gasteiger charge is -2.12. The van der Waals surface area contributed by atoms with Gasteiger partial charge in [0.1, 0.15) is 16.2 Å². The van der Waals surface area contributed by atoms with Crippen LogP contribution in [0.1, 0.15) is 0 Å². The van der Waals surface area contributed by atoms with E-state index in [0.717, 1.165) is 16.3 Å². The Morgan fingerprint density at radius 2 is 1.91 bits per heavy atom. The average Bonchev–Trinajstić information content (AvgIpc) is 3.32. The van der Waals surface area contributed by atoms with E-state index in [2.05, 4.69) is 20.3 Å². The van der Waals surface area contributed by atoms with Crippen molar-refractivity contribution in [1.82, 2.24) is 24.1 Å². The van der Waals surface area contributed by atoms with Crippen molar-refractivity contribution in [1.29, 1.82) is 0 Å². The first kappa shape index (κ1) is 21.7. The lowest BCUT2D eigenvalue weighted by Crippen LogP contribution is -2.37. The summed E-state index contributed by atoms with van der Waals surface area (Å²) < 4.78 is 7.48. The molecule has 0 saturated heterocycles. The van der Waals surface area contributed by atoms with E-state index in [1.54, 1.807) is 50.0 Å². The maximum absolute atomic E-state index is 12.9. The van der Waals surface area contributed by atoms with Crippen LogP contribution in [-0.2, 0) is 18.9 Å². The highest BCUT2D eigenvalue weighted by Gasteiger charge is 2.19. The van der Waals surface area contributed by atoms with Crippen LogP contribution in [0.2, 0.25) is 0 Å². The van der Waals surface area contributed by atoms with Gasteiger partial charge in [0, 0.05) is 31.2 Å². The zero-order valence-electron chi connectivity index (χ0n) is 17.4. The number of amides is 1. The zero-order chi connectivity index (χ0) is 22.8. The second-order valence-electron chi connectivity index (χ2n) is 6.66. The van der Waals surface area contributed by atoms with Crippen LogP contribution >= 0.6 is 23.1 Å². The number of rotatable bonds is 6. The molecule has 0 bridgehead atoms. The molecule has 10 nitrogen and oxygen atoms in total. The highest BCUT2D eigenvalue weighted by atomic mass is 32.2. The standard InChI is InChI=1S/C20H18N6O4S2/c1-25-16-14(18(28)26(2)20(25)29)17(32-10-13(27)22-19-21-8-9-31-19)24-15(23-16)11-4-6-12(30-3)7-5-11/h4-9H,10H2,1-3H3,(H,21,22,27). The minimum atomic E-state index is -0.521. The van der Waals surface area contributed by atoms with Crippen molar-refractivity contribution < 1.29 is 9.53 Å². The Morgan fingerprint density at radius 1 is 1.16 bits per heavy atom. The largest absolute Gasteiger partial charge is 0.497 e. The molecule has 1 N–H and O–H groups in total. The van der Waals surface area contributed by atoms with Gasteiger partial charge < -0.3 is 10.1 Å². The summed E-state index contributed by atoms with van der Waals surface area (Å²) in [5.41, 5.74) is -0.150. The number of carbonyl (C=O) groups excluding carboxylic acids is 1. The number of fused-ring (bicyclic) bond motifs is 1. The van der Waals surface area contributed by atoms with Crippen molar-refractivity contribution in [2.75, 3.05) is 18.2 Å². The second kappa shape index (κ2) is 8.93. The molecule has 12 heteroatoms. The number of carbonyl (C=O) groups is 1. The number of benzene rings is 1. The number of nitrogens with zero attached hydrogens (tertiary/aromatic N) is 5. The van der Waals surface area contributed by atoms with Crippen molar-refractivity contribution in [2.24, 2.45) is 14.1 Å². The Balaban J connectivity index is 1.80. The van der Waals surface area contributed by atoms with E-state index in [1.807, 2.05) is 0 Å². The van der Waals surface area contributed by atoms with E-state index in [-0.39, 0.29) is 22.7 Å². The van der Waals surface area contributed by atoms with Gasteiger partial charge in [-0.2, -0.15) is 0 Å². The molecule has 1 amide bonds. The summed E-state index contributed by atoms with van der Waals surface area (Å²) >= 11 is 2.40. The summed E-state index contributed by atoms with van der Waals surface area (Å²) in [6.45, 7) is 0. The van der Waals surface area contributed by atoms with Gasteiger partial charge in [0.15, 0.2) is 16.6 Å². The van der Waals surface area contributed by atoms with E-state index in [9.17, 15) is 14.4 Å². The van der Waals surface area contributed by atoms with Gasteiger partial charge in [-0.1, -0.05) is 11.8 Å². The number of methoxy groups -OCH3 is 1. The van der Waals surface area contributed by atoms with Crippen molar-refractivity contribution in [3.05, 3.63) is 56.7 Å². The second-order valence-corrected chi connectivity index (χ2v) is 8.52. The molecule has 164 valence electrons. The third kappa shape index (κ3) is 4.14. The topological polar surface area (TPSA) is 121 Å². The molecule has 3 heterocycles. The van der Waals surface area contributed by atoms with E-state index < -0.39 is 11.2 Å². The molecule has 0 radical (unpaired) electrons. The summed E-state index contributed by atoms with van der Waals surface area (Å²) in [6.07, 6.45) is 1.59. The molecule has 0 spiro atoms. The van der Waals surface area contributed by atoms with Gasteiger partial charge in [-0.05, 0) is 24.3 Å². The highest BCUT2D eigenvalue weighted by molar-refractivity contribution is 8.00. The first-order valence-corrected chi connectivity index (χ1v) is 11.2. The molecule has 0 saturated carbocycles. The SMILES string of the molecule is COc1ccc(-c2nc(SCC(=O)Nc3nccs3)c3c(=O)n(C)c(=O)n(C)c3n2)cc1. The third-order valence-corrected chi connectivity index (χ3v) is 6.30. The fourth-order valence-electron chi connectivity index (χ4n) is 2.98. The number of hydrogen-bond acceptors (Lipinski definition) is 9. The van der Waals surface area contributed by atoms with Crippen molar-refractivity contribution in [3.8, 4) is 17.1 Å². The quantitative estimate of drug-likeness (QED) is 0.335. The van der Waals surface area contributed by atoms with Gasteiger partial charge in [0.25, 0.3) is 5.56 Å². The Labute approximate surface area is 189 Å². The summed E-state index contributed by atoms with van der Waals surface area (Å²) in [4.78, 5) is 50.8. The molecule has 4 aromatic rings. The monoisotopic (exact) mass is 470 g/mol. The summed E-state index contributed by atoms with van der Waals surface area (Å²) in [5, 5.41) is 5.43. The number of nitrogens with one attached hydrogen (secondary N) is 1. The van der Waals surface area contributed by atoms with Crippen molar-refractivity contribution >= 4 is 45.2 Å². The number of aromatic nitrogens is 5. The summed E-state index contributed by atoms with van der Waals surface area (Å²) in [7, 11) is 4.50. The van der Waals surface area contributed by atoms with Crippen molar-refractivity contribution in [3.63, 3.8) is 0 Å². The molecule has 0 fully saturated rings. The highest BCUT2D eigenvalue weighted by Crippen LogP contribution is 2.27. The van der Waals surface area contributed by atoms with Gasteiger partial charge in [-0.15, -0.1) is 11.3 Å². The molecule has 0 atom stereocenters. The van der Waals surface area contributed by atoms with E-state index in [0.29, 0.717) is 27.3 Å². The Bertz CT molecular complexity index is 1410. The average molecular weight is 471 g/mol. The summed E-state index contributed by atoms with van der Waals surface area (Å²) in [5.74, 6) is 0.708. The third-order valence-electron chi connectivity index (χ3n) is 4.63. The first-order valence-electron chi connectivity index (χ1n) is 9.33. The van der Waals surface area contributed by atoms with Crippen LogP contribution < -0.4 is 21.3 Å². The van der Waals surface area contributed by atoms with Gasteiger partial charge >= 0.3 is 5.69 Å². The fraction of sp³-hybridized carbons (Fsp3) is 0.200. The Kier molecular flexibility index (Phi) is 6.06. The van der Waals surface area contributed by atoms with Crippen LogP contribution in [0, 0.1) is 0 Å². The molecule has 0 unspecified atom stereocenters. The lowest BCUT2D eigenvalue weighted by molar-refractivity contribution is -0.113. The molecular weight excluding hydrogens is 452 g/mol. The number of thioether (sulfide) groups is 1. The van der Waals surface area contributed by atoms with Crippen LogP contribution in [0.25, 0.3) is 22.4 Å². The predicted octanol–water partition coefficient (Wildman–Crippen LogP) is 1.89. The smallest absolute Gasteiger partial charge is 0.332 e. The molecule has 3 aromatic heterocycles. The normalized spacial score (nSPS) is 11.0. The van der Waals surface area contributed by atoms with Crippen molar-refractivity contribution in [2.45, 2.75) is 5.03 Å². The van der Waals surface area contributed by atoms with Gasteiger partial charge in [0.2, 0.25) is 5.91 Å². The molecule has 0 aliphatic rings. The minimum Gasteiger partial charge on any atom is -0.497 e. The maximum Gasteiger partial charge on any atom is 0.332 e. The summed E-state index contributed by atoms with van der Waals surface area (Å²) in [6, 6.07) is 7.09. The van der Waals surface area contributed by atoms with E-state index >= 15 is 0 Å². The van der Waals surface area contributed by atoms with Crippen LogP contribution in [0.4, 0.5) is 5.13 Å². The van der Waals surface area contributed by atoms with E-state index in [1.165, 1.54) is 23.0 Å². The number of ether oxygens (including phenoxy) is 1. The zero-order valence-corrected chi connectivity index (χ0v) is 19.0. The fourth-order valence-corrected chi connectivity index (χ4v) is 4.34. The Hall–Kier alpha value is -3.51. The lowest BCUT2D eigenvalue weighted by atomic mass is 10.2. The van der Waals surface area contributed by atoms with E-state index in [4.69, 9.17) is 4.74 Å². The first-order chi connectivity index (χ1) is 15.4. The number of anilines is 1. The molecule has 32 heavy (non-hydrogen) atoms. The number of hydrogen-bond donors (Lipinski definition) is 1. The van der Waals surface area contributed by atoms with Gasteiger partial charge in [0.05, 0.1) is 12.9 Å². The Morgan fingerprint density at radius 3 is 2.56 bits per heavy atom. The molecule has 0 aliphatic carbocycles. The van der Waals surface area contributed by atoms with Crippen LogP contribution in [0.3, 0.4) is 0 Å². The maximum atomic E-state index is 12.9. The molecule has 0 aliphatic heterocycles. The molecule has 4 rings (SSSR count). The number of thiazole rings is 1. The van der Waals surface area contributed by atoms with Crippen LogP contribution in [0.5, 0.6) is 5.75 Å². The molecular formula is C20H18N6O4S2. The molecule has 1 aromatic carbocycles. The van der Waals surface area contributed by atoms with Gasteiger partial charge in [-0.25, -0.2) is 19.7 Å². The number of aryl methyl sites for hydroxylation is 1. The van der Waals surface area contributed by atoms with Gasteiger partial charge in [-0.3, -0.25) is 18.7 Å². The van der Waals surface area contributed by atoms with Crippen LogP contribution in [-0.4, -0.2) is 42.9 Å². The minimum absolute atomic E-state index is 0.000257. The predicted molar refractivity (Wildman–Crippen MR) is 123 cm³/mol. The van der Waals surface area contributed by atoms with Crippen LogP contribution in [0.15, 0.2) is 50.5 Å².